The van der Waals surface area contributed by atoms with Gasteiger partial charge < -0.3 is 5.73 Å². The molecule has 1 aliphatic rings. The van der Waals surface area contributed by atoms with Crippen LogP contribution in [0.25, 0.3) is 11.8 Å². The predicted octanol–water partition coefficient (Wildman–Crippen LogP) is 3.52. The van der Waals surface area contributed by atoms with Crippen molar-refractivity contribution in [3.63, 3.8) is 0 Å². The van der Waals surface area contributed by atoms with Gasteiger partial charge in [0.05, 0.1) is 0 Å². The van der Waals surface area contributed by atoms with Crippen LogP contribution in [0.2, 0.25) is 0 Å². The fourth-order valence-corrected chi connectivity index (χ4v) is 1.81. The summed E-state index contributed by atoms with van der Waals surface area (Å²) < 4.78 is 0. The maximum absolute atomic E-state index is 6.19. The molecule has 16 heavy (non-hydrogen) atoms. The molecule has 0 aromatic heterocycles. The Kier molecular flexibility index (Phi) is 3.06. The standard InChI is InChI=1S/C15H15N/c1-2-12-8-6-7-11-14(12)15(16)13-9-4-3-5-10-13/h2-9,11H,1,10,16H2/b15-13+. The van der Waals surface area contributed by atoms with E-state index in [1.54, 1.807) is 0 Å². The lowest BCUT2D eigenvalue weighted by atomic mass is 9.97. The number of hydrogen-bond acceptors (Lipinski definition) is 1. The lowest BCUT2D eigenvalue weighted by Gasteiger charge is -2.11. The van der Waals surface area contributed by atoms with Gasteiger partial charge in [0.25, 0.3) is 0 Å². The Morgan fingerprint density at radius 3 is 2.75 bits per heavy atom. The molecule has 0 heterocycles. The van der Waals surface area contributed by atoms with Crippen LogP contribution in [0, 0.1) is 0 Å². The van der Waals surface area contributed by atoms with E-state index >= 15 is 0 Å². The van der Waals surface area contributed by atoms with E-state index in [1.807, 2.05) is 42.5 Å². The third kappa shape index (κ3) is 1.98. The summed E-state index contributed by atoms with van der Waals surface area (Å²) in [6.07, 6.45) is 11.0. The Labute approximate surface area is 96.3 Å². The fraction of sp³-hybridized carbons (Fsp3) is 0.0667. The van der Waals surface area contributed by atoms with E-state index < -0.39 is 0 Å². The maximum atomic E-state index is 6.19. The lowest BCUT2D eigenvalue weighted by Crippen LogP contribution is -2.03. The Balaban J connectivity index is 2.48. The summed E-state index contributed by atoms with van der Waals surface area (Å²) in [5.74, 6) is 0. The Bertz CT molecular complexity index is 490. The molecule has 0 saturated heterocycles. The second kappa shape index (κ2) is 4.67. The van der Waals surface area contributed by atoms with Gasteiger partial charge in [-0.05, 0) is 17.6 Å². The molecule has 0 radical (unpaired) electrons. The summed E-state index contributed by atoms with van der Waals surface area (Å²) in [5.41, 5.74) is 10.3. The number of nitrogens with two attached hydrogens (primary N) is 1. The summed E-state index contributed by atoms with van der Waals surface area (Å²) >= 11 is 0. The molecule has 1 aromatic carbocycles. The molecule has 0 unspecified atom stereocenters. The van der Waals surface area contributed by atoms with E-state index in [9.17, 15) is 0 Å². The van der Waals surface area contributed by atoms with Gasteiger partial charge in [-0.2, -0.15) is 0 Å². The average Bonchev–Trinajstić information content (AvgIpc) is 2.39. The molecule has 0 saturated carbocycles. The molecule has 0 atom stereocenters. The van der Waals surface area contributed by atoms with Gasteiger partial charge in [-0.25, -0.2) is 0 Å². The van der Waals surface area contributed by atoms with Crippen LogP contribution in [0.4, 0.5) is 0 Å². The zero-order chi connectivity index (χ0) is 11.4. The van der Waals surface area contributed by atoms with Crippen LogP contribution in [-0.4, -0.2) is 0 Å². The molecule has 0 bridgehead atoms. The van der Waals surface area contributed by atoms with E-state index in [0.717, 1.165) is 28.8 Å². The van der Waals surface area contributed by atoms with Crippen molar-refractivity contribution >= 4 is 11.8 Å². The van der Waals surface area contributed by atoms with Gasteiger partial charge in [-0.3, -0.25) is 0 Å². The van der Waals surface area contributed by atoms with E-state index in [2.05, 4.69) is 18.7 Å². The van der Waals surface area contributed by atoms with E-state index in [0.29, 0.717) is 0 Å². The minimum atomic E-state index is 0.844. The number of rotatable bonds is 2. The van der Waals surface area contributed by atoms with E-state index in [-0.39, 0.29) is 0 Å². The van der Waals surface area contributed by atoms with E-state index in [4.69, 9.17) is 5.73 Å². The predicted molar refractivity (Wildman–Crippen MR) is 70.5 cm³/mol. The third-order valence-corrected chi connectivity index (χ3v) is 2.70. The van der Waals surface area contributed by atoms with Crippen LogP contribution < -0.4 is 5.73 Å². The summed E-state index contributed by atoms with van der Waals surface area (Å²) in [4.78, 5) is 0. The molecule has 0 amide bonds. The van der Waals surface area contributed by atoms with Crippen molar-refractivity contribution in [2.24, 2.45) is 5.73 Å². The largest absolute Gasteiger partial charge is 0.398 e. The molecule has 80 valence electrons. The summed E-state index contributed by atoms with van der Waals surface area (Å²) in [6.45, 7) is 3.81. The second-order valence-electron chi connectivity index (χ2n) is 3.72. The Hall–Kier alpha value is -2.02. The van der Waals surface area contributed by atoms with Crippen LogP contribution in [0.3, 0.4) is 0 Å². The third-order valence-electron chi connectivity index (χ3n) is 2.70. The zero-order valence-corrected chi connectivity index (χ0v) is 9.19. The Morgan fingerprint density at radius 2 is 2.06 bits per heavy atom. The SMILES string of the molecule is C=Cc1ccccc1/C(N)=C1/C=CC=CC1. The lowest BCUT2D eigenvalue weighted by molar-refractivity contribution is 1.24. The van der Waals surface area contributed by atoms with Crippen LogP contribution in [0.5, 0.6) is 0 Å². The molecule has 1 aliphatic carbocycles. The van der Waals surface area contributed by atoms with Gasteiger partial charge in [0.1, 0.15) is 0 Å². The highest BCUT2D eigenvalue weighted by atomic mass is 14.6. The highest BCUT2D eigenvalue weighted by molar-refractivity contribution is 5.75. The van der Waals surface area contributed by atoms with Crippen molar-refractivity contribution in [2.45, 2.75) is 6.42 Å². The molecular formula is C15H15N. The van der Waals surface area contributed by atoms with Crippen LogP contribution in [0.1, 0.15) is 17.5 Å². The van der Waals surface area contributed by atoms with Crippen molar-refractivity contribution in [3.8, 4) is 0 Å². The quantitative estimate of drug-likeness (QED) is 0.792. The Morgan fingerprint density at radius 1 is 1.25 bits per heavy atom. The highest BCUT2D eigenvalue weighted by Crippen LogP contribution is 2.23. The molecular weight excluding hydrogens is 194 g/mol. The van der Waals surface area contributed by atoms with Crippen molar-refractivity contribution in [3.05, 3.63) is 71.8 Å². The van der Waals surface area contributed by atoms with E-state index in [1.165, 1.54) is 0 Å². The van der Waals surface area contributed by atoms with Gasteiger partial charge in [-0.15, -0.1) is 0 Å². The van der Waals surface area contributed by atoms with Gasteiger partial charge >= 0.3 is 0 Å². The zero-order valence-electron chi connectivity index (χ0n) is 9.19. The maximum Gasteiger partial charge on any atom is 0.0429 e. The number of allylic oxidation sites excluding steroid dienone is 5. The fourth-order valence-electron chi connectivity index (χ4n) is 1.81. The van der Waals surface area contributed by atoms with Crippen LogP contribution in [0.15, 0.2) is 60.7 Å². The van der Waals surface area contributed by atoms with Gasteiger partial charge in [0.2, 0.25) is 0 Å². The molecule has 0 spiro atoms. The van der Waals surface area contributed by atoms with Gasteiger partial charge in [-0.1, -0.05) is 61.2 Å². The molecule has 1 aromatic rings. The minimum Gasteiger partial charge on any atom is -0.398 e. The molecule has 0 aliphatic heterocycles. The smallest absolute Gasteiger partial charge is 0.0429 e. The summed E-state index contributed by atoms with van der Waals surface area (Å²) in [6, 6.07) is 8.05. The average molecular weight is 209 g/mol. The molecule has 2 N–H and O–H groups in total. The normalized spacial score (nSPS) is 17.2. The number of benzene rings is 1. The molecule has 1 heteroatoms. The number of hydrogen-bond donors (Lipinski definition) is 1. The van der Waals surface area contributed by atoms with Gasteiger partial charge in [0.15, 0.2) is 0 Å². The summed E-state index contributed by atoms with van der Waals surface area (Å²) in [5, 5.41) is 0. The first-order chi connectivity index (χ1) is 7.83. The second-order valence-corrected chi connectivity index (χ2v) is 3.72. The first-order valence-corrected chi connectivity index (χ1v) is 5.36. The summed E-state index contributed by atoms with van der Waals surface area (Å²) in [7, 11) is 0. The first kappa shape index (κ1) is 10.5. The topological polar surface area (TPSA) is 26.0 Å². The molecule has 2 rings (SSSR count). The highest BCUT2D eigenvalue weighted by Gasteiger charge is 2.06. The first-order valence-electron chi connectivity index (χ1n) is 5.36. The van der Waals surface area contributed by atoms with Crippen molar-refractivity contribution in [1.82, 2.24) is 0 Å². The molecule has 1 nitrogen and oxygen atoms in total. The van der Waals surface area contributed by atoms with Gasteiger partial charge in [0, 0.05) is 11.3 Å². The van der Waals surface area contributed by atoms with Crippen molar-refractivity contribution in [2.75, 3.05) is 0 Å². The van der Waals surface area contributed by atoms with Crippen LogP contribution >= 0.6 is 0 Å². The monoisotopic (exact) mass is 209 g/mol. The van der Waals surface area contributed by atoms with Crippen molar-refractivity contribution in [1.29, 1.82) is 0 Å². The minimum absolute atomic E-state index is 0.844. The van der Waals surface area contributed by atoms with Crippen LogP contribution in [-0.2, 0) is 0 Å². The van der Waals surface area contributed by atoms with Crippen molar-refractivity contribution < 1.29 is 0 Å². The molecule has 0 fully saturated rings.